The van der Waals surface area contributed by atoms with Gasteiger partial charge in [0.15, 0.2) is 6.61 Å². The summed E-state index contributed by atoms with van der Waals surface area (Å²) in [5.74, 6) is -0.717. The number of rotatable bonds is 7. The Bertz CT molecular complexity index is 1340. The monoisotopic (exact) mass is 440 g/mol. The third kappa shape index (κ3) is 5.38. The standard InChI is InChI=1S/C26H20N2O5/c27-15-18-7-4-8-19(11-18)20-9-10-24-21(13-20)14-22(33-24)16-32-26(31)28-23(25(29)30)12-17-5-2-1-3-6-17/h1-11,13-14,23H,12,16H2,(H,28,31)(H,29,30)/t23-/m1/s1. The zero-order chi connectivity index (χ0) is 23.2. The number of ether oxygens (including phenoxy) is 1. The summed E-state index contributed by atoms with van der Waals surface area (Å²) in [4.78, 5) is 23.7. The van der Waals surface area contributed by atoms with Crippen LogP contribution in [0, 0.1) is 11.3 Å². The number of carbonyl (C=O) groups is 2. The summed E-state index contributed by atoms with van der Waals surface area (Å²) in [6.45, 7) is -0.141. The van der Waals surface area contributed by atoms with E-state index in [4.69, 9.17) is 14.4 Å². The second kappa shape index (κ2) is 9.71. The molecule has 0 spiro atoms. The minimum atomic E-state index is -1.15. The highest BCUT2D eigenvalue weighted by Crippen LogP contribution is 2.27. The lowest BCUT2D eigenvalue weighted by atomic mass is 10.0. The fraction of sp³-hybridized carbons (Fsp3) is 0.115. The Morgan fingerprint density at radius 3 is 2.55 bits per heavy atom. The van der Waals surface area contributed by atoms with Gasteiger partial charge in [0.25, 0.3) is 0 Å². The summed E-state index contributed by atoms with van der Waals surface area (Å²) < 4.78 is 10.9. The van der Waals surface area contributed by atoms with Crippen LogP contribution in [0.3, 0.4) is 0 Å². The maximum absolute atomic E-state index is 12.2. The first kappa shape index (κ1) is 21.7. The van der Waals surface area contributed by atoms with Gasteiger partial charge in [-0.25, -0.2) is 9.59 Å². The Morgan fingerprint density at radius 1 is 1.00 bits per heavy atom. The fourth-order valence-electron chi connectivity index (χ4n) is 3.49. The normalized spacial score (nSPS) is 11.5. The van der Waals surface area contributed by atoms with Crippen molar-refractivity contribution >= 4 is 23.0 Å². The van der Waals surface area contributed by atoms with Crippen LogP contribution in [-0.2, 0) is 22.6 Å². The average molecular weight is 440 g/mol. The largest absolute Gasteiger partial charge is 0.480 e. The third-order valence-electron chi connectivity index (χ3n) is 5.11. The Balaban J connectivity index is 1.40. The predicted molar refractivity (Wildman–Crippen MR) is 121 cm³/mol. The summed E-state index contributed by atoms with van der Waals surface area (Å²) in [7, 11) is 0. The molecule has 0 aliphatic heterocycles. The minimum Gasteiger partial charge on any atom is -0.480 e. The summed E-state index contributed by atoms with van der Waals surface area (Å²) >= 11 is 0. The van der Waals surface area contributed by atoms with Gasteiger partial charge >= 0.3 is 12.1 Å². The number of amides is 1. The van der Waals surface area contributed by atoms with Gasteiger partial charge in [0, 0.05) is 11.8 Å². The average Bonchev–Trinajstić information content (AvgIpc) is 3.25. The summed E-state index contributed by atoms with van der Waals surface area (Å²) in [5, 5.41) is 21.7. The lowest BCUT2D eigenvalue weighted by Gasteiger charge is -2.14. The maximum Gasteiger partial charge on any atom is 0.408 e. The number of carbonyl (C=O) groups excluding carboxylic acids is 1. The first-order valence-electron chi connectivity index (χ1n) is 10.2. The highest BCUT2D eigenvalue weighted by atomic mass is 16.6. The van der Waals surface area contributed by atoms with Crippen molar-refractivity contribution in [2.24, 2.45) is 0 Å². The number of nitriles is 1. The van der Waals surface area contributed by atoms with Gasteiger partial charge in [-0.3, -0.25) is 0 Å². The Labute approximate surface area is 189 Å². The number of fused-ring (bicyclic) bond motifs is 1. The molecule has 7 heteroatoms. The molecule has 0 radical (unpaired) electrons. The topological polar surface area (TPSA) is 113 Å². The van der Waals surface area contributed by atoms with E-state index in [1.807, 2.05) is 42.5 Å². The molecule has 3 aromatic carbocycles. The number of nitrogens with zero attached hydrogens (tertiary/aromatic N) is 1. The van der Waals surface area contributed by atoms with Gasteiger partial charge in [-0.15, -0.1) is 0 Å². The zero-order valence-electron chi connectivity index (χ0n) is 17.5. The molecular weight excluding hydrogens is 420 g/mol. The van der Waals surface area contributed by atoms with Gasteiger partial charge in [-0.2, -0.15) is 5.26 Å². The third-order valence-corrected chi connectivity index (χ3v) is 5.11. The van der Waals surface area contributed by atoms with E-state index in [9.17, 15) is 14.7 Å². The first-order valence-corrected chi connectivity index (χ1v) is 10.2. The van der Waals surface area contributed by atoms with Crippen LogP contribution in [0.2, 0.25) is 0 Å². The SMILES string of the molecule is N#Cc1cccc(-c2ccc3oc(COC(=O)N[C@H](Cc4ccccc4)C(=O)O)cc3c2)c1. The highest BCUT2D eigenvalue weighted by molar-refractivity contribution is 5.84. The number of aliphatic carboxylic acids is 1. The molecule has 0 aliphatic rings. The number of nitrogens with one attached hydrogen (secondary N) is 1. The number of hydrogen-bond acceptors (Lipinski definition) is 5. The van der Waals surface area contributed by atoms with Crippen LogP contribution in [-0.4, -0.2) is 23.2 Å². The lowest BCUT2D eigenvalue weighted by molar-refractivity contribution is -0.139. The maximum atomic E-state index is 12.2. The van der Waals surface area contributed by atoms with Crippen LogP contribution >= 0.6 is 0 Å². The predicted octanol–water partition coefficient (Wildman–Crippen LogP) is 4.89. The Hall–Kier alpha value is -4.57. The molecule has 4 rings (SSSR count). The van der Waals surface area contributed by atoms with Crippen molar-refractivity contribution in [1.82, 2.24) is 5.32 Å². The van der Waals surface area contributed by atoms with Crippen molar-refractivity contribution in [1.29, 1.82) is 5.26 Å². The summed E-state index contributed by atoms with van der Waals surface area (Å²) in [6.07, 6.45) is -0.695. The molecule has 1 amide bonds. The quantitative estimate of drug-likeness (QED) is 0.423. The van der Waals surface area contributed by atoms with Gasteiger partial charge in [-0.05, 0) is 47.0 Å². The van der Waals surface area contributed by atoms with E-state index in [1.54, 1.807) is 36.4 Å². The fourth-order valence-corrected chi connectivity index (χ4v) is 3.49. The molecule has 0 unspecified atom stereocenters. The van der Waals surface area contributed by atoms with Crippen molar-refractivity contribution in [2.45, 2.75) is 19.1 Å². The lowest BCUT2D eigenvalue weighted by Crippen LogP contribution is -2.42. The van der Waals surface area contributed by atoms with Crippen LogP contribution in [0.15, 0.2) is 83.3 Å². The number of benzene rings is 3. The molecule has 33 heavy (non-hydrogen) atoms. The second-order valence-corrected chi connectivity index (χ2v) is 7.46. The van der Waals surface area contributed by atoms with E-state index in [0.29, 0.717) is 16.9 Å². The van der Waals surface area contributed by atoms with Gasteiger partial charge in [0.05, 0.1) is 11.6 Å². The highest BCUT2D eigenvalue weighted by Gasteiger charge is 2.21. The zero-order valence-corrected chi connectivity index (χ0v) is 17.5. The van der Waals surface area contributed by atoms with Crippen molar-refractivity contribution in [3.05, 3.63) is 95.7 Å². The van der Waals surface area contributed by atoms with E-state index < -0.39 is 18.1 Å². The van der Waals surface area contributed by atoms with E-state index in [1.165, 1.54) is 0 Å². The molecule has 4 aromatic rings. The van der Waals surface area contributed by atoms with Gasteiger partial charge in [0.2, 0.25) is 0 Å². The molecule has 0 fully saturated rings. The van der Waals surface area contributed by atoms with Crippen molar-refractivity contribution < 1.29 is 23.8 Å². The molecule has 1 atom stereocenters. The van der Waals surface area contributed by atoms with E-state index in [0.717, 1.165) is 22.1 Å². The molecule has 0 saturated heterocycles. The molecule has 0 bridgehead atoms. The van der Waals surface area contributed by atoms with Gasteiger partial charge in [-0.1, -0.05) is 48.5 Å². The minimum absolute atomic E-state index is 0.141. The molecular formula is C26H20N2O5. The molecule has 1 heterocycles. The number of carboxylic acid groups (broad SMARTS) is 1. The van der Waals surface area contributed by atoms with Crippen LogP contribution in [0.1, 0.15) is 16.9 Å². The molecule has 2 N–H and O–H groups in total. The van der Waals surface area contributed by atoms with Crippen LogP contribution in [0.4, 0.5) is 4.79 Å². The molecule has 7 nitrogen and oxygen atoms in total. The second-order valence-electron chi connectivity index (χ2n) is 7.46. The smallest absolute Gasteiger partial charge is 0.408 e. The van der Waals surface area contributed by atoms with E-state index in [2.05, 4.69) is 11.4 Å². The van der Waals surface area contributed by atoms with E-state index in [-0.39, 0.29) is 13.0 Å². The number of furan rings is 1. The molecule has 164 valence electrons. The summed E-state index contributed by atoms with van der Waals surface area (Å²) in [6, 6.07) is 24.8. The van der Waals surface area contributed by atoms with Gasteiger partial charge in [0.1, 0.15) is 17.4 Å². The van der Waals surface area contributed by atoms with Crippen LogP contribution < -0.4 is 5.32 Å². The number of carboxylic acids is 1. The van der Waals surface area contributed by atoms with Crippen molar-refractivity contribution in [3.8, 4) is 17.2 Å². The van der Waals surface area contributed by atoms with Crippen LogP contribution in [0.5, 0.6) is 0 Å². The number of hydrogen-bond donors (Lipinski definition) is 2. The number of alkyl carbamates (subject to hydrolysis) is 1. The van der Waals surface area contributed by atoms with Crippen molar-refractivity contribution in [3.63, 3.8) is 0 Å². The molecule has 1 aromatic heterocycles. The first-order chi connectivity index (χ1) is 16.0. The summed E-state index contributed by atoms with van der Waals surface area (Å²) in [5.41, 5.74) is 3.83. The van der Waals surface area contributed by atoms with Crippen molar-refractivity contribution in [2.75, 3.05) is 0 Å². The van der Waals surface area contributed by atoms with Gasteiger partial charge < -0.3 is 19.6 Å². The Kier molecular flexibility index (Phi) is 6.37. The molecule has 0 aliphatic carbocycles. The Morgan fingerprint density at radius 2 is 1.79 bits per heavy atom. The van der Waals surface area contributed by atoms with Crippen LogP contribution in [0.25, 0.3) is 22.1 Å². The van der Waals surface area contributed by atoms with E-state index >= 15 is 0 Å². The molecule has 0 saturated carbocycles.